The highest BCUT2D eigenvalue weighted by Gasteiger charge is 2.23. The van der Waals surface area contributed by atoms with Crippen molar-refractivity contribution in [2.24, 2.45) is 0 Å². The van der Waals surface area contributed by atoms with Crippen LogP contribution in [0.3, 0.4) is 0 Å². The first-order chi connectivity index (χ1) is 9.46. The molecule has 6 heteroatoms. The van der Waals surface area contributed by atoms with Gasteiger partial charge in [-0.15, -0.1) is 0 Å². The van der Waals surface area contributed by atoms with Crippen molar-refractivity contribution >= 4 is 15.9 Å². The summed E-state index contributed by atoms with van der Waals surface area (Å²) in [7, 11) is -3.19. The number of fused-ring (bicyclic) bond motifs is 1. The number of carbonyl (C=O) groups excluding carboxylic acids is 1. The van der Waals surface area contributed by atoms with Crippen LogP contribution in [0.1, 0.15) is 29.9 Å². The highest BCUT2D eigenvalue weighted by molar-refractivity contribution is 7.88. The fourth-order valence-corrected chi connectivity index (χ4v) is 3.06. The van der Waals surface area contributed by atoms with Crippen LogP contribution in [-0.2, 0) is 21.2 Å². The van der Waals surface area contributed by atoms with Crippen LogP contribution in [0.25, 0.3) is 0 Å². The maximum atomic E-state index is 11.8. The van der Waals surface area contributed by atoms with Crippen molar-refractivity contribution < 1.29 is 13.2 Å². The molecule has 1 aliphatic carbocycles. The number of amides is 1. The second-order valence-corrected chi connectivity index (χ2v) is 6.99. The summed E-state index contributed by atoms with van der Waals surface area (Å²) in [5.74, 6) is 0.260. The molecule has 1 aromatic carbocycles. The maximum absolute atomic E-state index is 11.8. The lowest BCUT2D eigenvalue weighted by atomic mass is 9.97. The fourth-order valence-electron chi connectivity index (χ4n) is 2.59. The minimum atomic E-state index is -3.19. The minimum Gasteiger partial charge on any atom is -0.355 e. The molecule has 0 saturated carbocycles. The van der Waals surface area contributed by atoms with Gasteiger partial charge in [0.1, 0.15) is 0 Å². The molecule has 1 aromatic rings. The van der Waals surface area contributed by atoms with E-state index in [-0.39, 0.29) is 18.4 Å². The van der Waals surface area contributed by atoms with E-state index in [1.807, 2.05) is 12.1 Å². The Labute approximate surface area is 119 Å². The summed E-state index contributed by atoms with van der Waals surface area (Å²) in [5.41, 5.74) is 2.61. The molecule has 0 radical (unpaired) electrons. The van der Waals surface area contributed by atoms with Crippen LogP contribution in [0.5, 0.6) is 0 Å². The van der Waals surface area contributed by atoms with Crippen molar-refractivity contribution in [1.29, 1.82) is 0 Å². The van der Waals surface area contributed by atoms with Gasteiger partial charge in [0.15, 0.2) is 0 Å². The Morgan fingerprint density at radius 2 is 2.05 bits per heavy atom. The van der Waals surface area contributed by atoms with Crippen LogP contribution in [-0.4, -0.2) is 33.7 Å². The smallest absolute Gasteiger partial charge is 0.220 e. The van der Waals surface area contributed by atoms with Crippen LogP contribution < -0.4 is 10.0 Å². The van der Waals surface area contributed by atoms with Gasteiger partial charge in [0.05, 0.1) is 6.26 Å². The molecule has 110 valence electrons. The molecule has 0 fully saturated rings. The largest absolute Gasteiger partial charge is 0.355 e. The molecule has 0 aromatic heterocycles. The molecule has 0 spiro atoms. The molecule has 0 bridgehead atoms. The highest BCUT2D eigenvalue weighted by Crippen LogP contribution is 2.34. The lowest BCUT2D eigenvalue weighted by Gasteiger charge is -2.11. The Morgan fingerprint density at radius 3 is 2.80 bits per heavy atom. The third kappa shape index (κ3) is 4.31. The standard InChI is InChI=1S/C14H20N2O3S/c1-20(18,19)16-9-8-15-14(17)10-12-7-6-11-4-2-3-5-13(11)12/h2-5,12,16H,6-10H2,1H3,(H,15,17). The van der Waals surface area contributed by atoms with Gasteiger partial charge in [-0.2, -0.15) is 0 Å². The van der Waals surface area contributed by atoms with E-state index >= 15 is 0 Å². The van der Waals surface area contributed by atoms with Crippen molar-refractivity contribution in [2.75, 3.05) is 19.3 Å². The van der Waals surface area contributed by atoms with Gasteiger partial charge < -0.3 is 5.32 Å². The number of nitrogens with one attached hydrogen (secondary N) is 2. The van der Waals surface area contributed by atoms with E-state index in [4.69, 9.17) is 0 Å². The number of benzene rings is 1. The van der Waals surface area contributed by atoms with Gasteiger partial charge in [-0.05, 0) is 29.9 Å². The van der Waals surface area contributed by atoms with Crippen molar-refractivity contribution in [3.63, 3.8) is 0 Å². The fraction of sp³-hybridized carbons (Fsp3) is 0.500. The van der Waals surface area contributed by atoms with E-state index in [0.717, 1.165) is 19.1 Å². The van der Waals surface area contributed by atoms with E-state index < -0.39 is 10.0 Å². The second kappa shape index (κ2) is 6.37. The molecule has 2 rings (SSSR count). The molecular weight excluding hydrogens is 276 g/mol. The zero-order valence-corrected chi connectivity index (χ0v) is 12.4. The maximum Gasteiger partial charge on any atom is 0.220 e. The first-order valence-corrected chi connectivity index (χ1v) is 8.64. The predicted molar refractivity (Wildman–Crippen MR) is 78.0 cm³/mol. The second-order valence-electron chi connectivity index (χ2n) is 5.15. The van der Waals surface area contributed by atoms with Crippen molar-refractivity contribution in [2.45, 2.75) is 25.2 Å². The summed E-state index contributed by atoms with van der Waals surface area (Å²) < 4.78 is 24.1. The molecular formula is C14H20N2O3S. The first-order valence-electron chi connectivity index (χ1n) is 6.75. The molecule has 0 heterocycles. The summed E-state index contributed by atoms with van der Waals surface area (Å²) in [4.78, 5) is 11.8. The van der Waals surface area contributed by atoms with Crippen LogP contribution in [0.2, 0.25) is 0 Å². The Hall–Kier alpha value is -1.40. The van der Waals surface area contributed by atoms with E-state index in [2.05, 4.69) is 22.2 Å². The molecule has 5 nitrogen and oxygen atoms in total. The number of aryl methyl sites for hydroxylation is 1. The number of sulfonamides is 1. The average molecular weight is 296 g/mol. The lowest BCUT2D eigenvalue weighted by molar-refractivity contribution is -0.121. The SMILES string of the molecule is CS(=O)(=O)NCCNC(=O)CC1CCc2ccccc21. The van der Waals surface area contributed by atoms with Crippen LogP contribution in [0.4, 0.5) is 0 Å². The van der Waals surface area contributed by atoms with Gasteiger partial charge in [-0.1, -0.05) is 24.3 Å². The number of hydrogen-bond acceptors (Lipinski definition) is 3. The summed E-state index contributed by atoms with van der Waals surface area (Å²) in [6.45, 7) is 0.548. The van der Waals surface area contributed by atoms with Crippen LogP contribution in [0.15, 0.2) is 24.3 Å². The molecule has 1 unspecified atom stereocenters. The predicted octanol–water partition coefficient (Wildman–Crippen LogP) is 0.772. The van der Waals surface area contributed by atoms with Crippen LogP contribution in [0, 0.1) is 0 Å². The molecule has 1 amide bonds. The topological polar surface area (TPSA) is 75.3 Å². The molecule has 2 N–H and O–H groups in total. The highest BCUT2D eigenvalue weighted by atomic mass is 32.2. The van der Waals surface area contributed by atoms with E-state index in [9.17, 15) is 13.2 Å². The Kier molecular flexibility index (Phi) is 4.77. The van der Waals surface area contributed by atoms with Gasteiger partial charge in [0, 0.05) is 19.5 Å². The molecule has 1 aliphatic rings. The van der Waals surface area contributed by atoms with Crippen molar-refractivity contribution in [1.82, 2.24) is 10.0 Å². The van der Waals surface area contributed by atoms with Gasteiger partial charge in [0.25, 0.3) is 0 Å². The van der Waals surface area contributed by atoms with Gasteiger partial charge in [-0.3, -0.25) is 4.79 Å². The van der Waals surface area contributed by atoms with Crippen LogP contribution >= 0.6 is 0 Å². The van der Waals surface area contributed by atoms with E-state index in [1.54, 1.807) is 0 Å². The third-order valence-corrected chi connectivity index (χ3v) is 4.23. The normalized spacial score (nSPS) is 17.8. The number of rotatable bonds is 6. The lowest BCUT2D eigenvalue weighted by Crippen LogP contribution is -2.34. The monoisotopic (exact) mass is 296 g/mol. The zero-order valence-electron chi connectivity index (χ0n) is 11.6. The van der Waals surface area contributed by atoms with Gasteiger partial charge in [0.2, 0.25) is 15.9 Å². The van der Waals surface area contributed by atoms with E-state index in [0.29, 0.717) is 13.0 Å². The average Bonchev–Trinajstić information content (AvgIpc) is 2.77. The quantitative estimate of drug-likeness (QED) is 0.762. The molecule has 0 aliphatic heterocycles. The zero-order chi connectivity index (χ0) is 14.6. The van der Waals surface area contributed by atoms with Gasteiger partial charge >= 0.3 is 0 Å². The summed E-state index contributed by atoms with van der Waals surface area (Å²) in [5, 5.41) is 2.75. The number of hydrogen-bond donors (Lipinski definition) is 2. The summed E-state index contributed by atoms with van der Waals surface area (Å²) in [6, 6.07) is 8.23. The minimum absolute atomic E-state index is 0.0259. The van der Waals surface area contributed by atoms with E-state index in [1.165, 1.54) is 11.1 Å². The van der Waals surface area contributed by atoms with Crippen molar-refractivity contribution in [3.05, 3.63) is 35.4 Å². The Morgan fingerprint density at radius 1 is 1.30 bits per heavy atom. The van der Waals surface area contributed by atoms with Crippen molar-refractivity contribution in [3.8, 4) is 0 Å². The molecule has 1 atom stereocenters. The first kappa shape index (κ1) is 15.0. The summed E-state index contributed by atoms with van der Waals surface area (Å²) >= 11 is 0. The third-order valence-electron chi connectivity index (χ3n) is 3.50. The Bertz CT molecular complexity index is 584. The Balaban J connectivity index is 1.76. The molecule has 0 saturated heterocycles. The molecule has 20 heavy (non-hydrogen) atoms. The summed E-state index contributed by atoms with van der Waals surface area (Å²) in [6.07, 6.45) is 3.61. The number of carbonyl (C=O) groups is 1. The van der Waals surface area contributed by atoms with Gasteiger partial charge in [-0.25, -0.2) is 13.1 Å².